The molecule has 0 aromatic rings. The van der Waals surface area contributed by atoms with E-state index in [-0.39, 0.29) is 0 Å². The largest absolute Gasteiger partial charge is 0.430 e. The van der Waals surface area contributed by atoms with Gasteiger partial charge in [-0.3, -0.25) is 0 Å². The van der Waals surface area contributed by atoms with Gasteiger partial charge < -0.3 is 10.1 Å². The van der Waals surface area contributed by atoms with Crippen LogP contribution in [0.5, 0.6) is 0 Å². The van der Waals surface area contributed by atoms with E-state index in [2.05, 4.69) is 11.2 Å². The molecule has 0 aliphatic heterocycles. The number of hydrogen-bond acceptors (Lipinski definition) is 2. The van der Waals surface area contributed by atoms with Crippen LogP contribution in [0.1, 0.15) is 13.8 Å². The lowest BCUT2D eigenvalue weighted by atomic mass is 10.2. The molecule has 0 aliphatic rings. The first-order chi connectivity index (χ1) is 4.52. The molecule has 56 valence electrons. The van der Waals surface area contributed by atoms with Crippen LogP contribution in [0.15, 0.2) is 0 Å². The Hall–Kier alpha value is -1.17. The zero-order valence-electron chi connectivity index (χ0n) is 6.39. The number of terminal acetylenes is 1. The molecule has 3 nitrogen and oxygen atoms in total. The Bertz CT molecular complexity index is 167. The number of hydrogen-bond donors (Lipinski definition) is 1. The zero-order chi connectivity index (χ0) is 8.20. The molecule has 1 amide bonds. The Morgan fingerprint density at radius 1 is 1.70 bits per heavy atom. The lowest BCUT2D eigenvalue weighted by Gasteiger charge is -2.17. The first-order valence-electron chi connectivity index (χ1n) is 2.90. The first-order valence-corrected chi connectivity index (χ1v) is 2.90. The van der Waals surface area contributed by atoms with E-state index in [1.807, 2.05) is 0 Å². The van der Waals surface area contributed by atoms with Gasteiger partial charge in [0, 0.05) is 7.05 Å². The molecule has 0 atom stereocenters. The fourth-order valence-corrected chi connectivity index (χ4v) is 0.312. The maximum atomic E-state index is 10.6. The predicted molar refractivity (Wildman–Crippen MR) is 38.5 cm³/mol. The summed E-state index contributed by atoms with van der Waals surface area (Å²) in [5.41, 5.74) is -0.819. The Balaban J connectivity index is 3.92. The fraction of sp³-hybridized carbons (Fsp3) is 0.571. The number of carbonyl (C=O) groups excluding carboxylic acids is 1. The molecule has 0 aromatic carbocycles. The van der Waals surface area contributed by atoms with Crippen molar-refractivity contribution in [3.63, 3.8) is 0 Å². The van der Waals surface area contributed by atoms with E-state index in [0.717, 1.165) is 0 Å². The van der Waals surface area contributed by atoms with E-state index in [1.165, 1.54) is 7.05 Å². The smallest absolute Gasteiger partial charge is 0.408 e. The van der Waals surface area contributed by atoms with Gasteiger partial charge in [-0.05, 0) is 13.8 Å². The van der Waals surface area contributed by atoms with Crippen LogP contribution >= 0.6 is 0 Å². The highest BCUT2D eigenvalue weighted by Gasteiger charge is 2.17. The zero-order valence-corrected chi connectivity index (χ0v) is 6.39. The third kappa shape index (κ3) is 2.98. The van der Waals surface area contributed by atoms with Crippen molar-refractivity contribution in [3.05, 3.63) is 0 Å². The maximum Gasteiger partial charge on any atom is 0.408 e. The minimum absolute atomic E-state index is 0.511. The average molecular weight is 141 g/mol. The number of rotatable bonds is 1. The van der Waals surface area contributed by atoms with E-state index in [1.54, 1.807) is 13.8 Å². The topological polar surface area (TPSA) is 38.3 Å². The quantitative estimate of drug-likeness (QED) is 0.547. The summed E-state index contributed by atoms with van der Waals surface area (Å²) in [6.07, 6.45) is 4.54. The van der Waals surface area contributed by atoms with Crippen molar-refractivity contribution in [1.29, 1.82) is 0 Å². The molecule has 0 rings (SSSR count). The third-order valence-corrected chi connectivity index (χ3v) is 0.900. The molecule has 1 N–H and O–H groups in total. The van der Waals surface area contributed by atoms with Gasteiger partial charge in [0.15, 0.2) is 5.60 Å². The van der Waals surface area contributed by atoms with E-state index in [0.29, 0.717) is 0 Å². The van der Waals surface area contributed by atoms with Crippen LogP contribution in [0.25, 0.3) is 0 Å². The van der Waals surface area contributed by atoms with Gasteiger partial charge in [0.2, 0.25) is 0 Å². The van der Waals surface area contributed by atoms with Crippen molar-refractivity contribution >= 4 is 6.09 Å². The molecular weight excluding hydrogens is 130 g/mol. The summed E-state index contributed by atoms with van der Waals surface area (Å²) < 4.78 is 4.75. The van der Waals surface area contributed by atoms with Crippen molar-refractivity contribution in [2.45, 2.75) is 19.4 Å². The number of carbonyl (C=O) groups is 1. The van der Waals surface area contributed by atoms with Crippen LogP contribution in [0.3, 0.4) is 0 Å². The summed E-state index contributed by atoms with van der Waals surface area (Å²) in [5, 5.41) is 2.30. The SMILES string of the molecule is C#CC(C)(C)OC(=O)NC. The van der Waals surface area contributed by atoms with E-state index < -0.39 is 11.7 Å². The van der Waals surface area contributed by atoms with Crippen molar-refractivity contribution in [2.75, 3.05) is 7.05 Å². The van der Waals surface area contributed by atoms with Gasteiger partial charge in [-0.15, -0.1) is 6.42 Å². The number of ether oxygens (including phenoxy) is 1. The Morgan fingerprint density at radius 2 is 2.20 bits per heavy atom. The molecule has 0 saturated carbocycles. The lowest BCUT2D eigenvalue weighted by Crippen LogP contribution is -2.31. The van der Waals surface area contributed by atoms with Crippen LogP contribution in [0.2, 0.25) is 0 Å². The summed E-state index contributed by atoms with van der Waals surface area (Å²) in [4.78, 5) is 10.6. The lowest BCUT2D eigenvalue weighted by molar-refractivity contribution is 0.0800. The second kappa shape index (κ2) is 3.11. The first kappa shape index (κ1) is 8.83. The summed E-state index contributed by atoms with van der Waals surface area (Å²) in [6, 6.07) is 0. The van der Waals surface area contributed by atoms with Crippen molar-refractivity contribution in [2.24, 2.45) is 0 Å². The minimum atomic E-state index is -0.819. The summed E-state index contributed by atoms with van der Waals surface area (Å²) in [7, 11) is 1.48. The number of nitrogens with one attached hydrogen (secondary N) is 1. The summed E-state index contributed by atoms with van der Waals surface area (Å²) in [5.74, 6) is 2.32. The Morgan fingerprint density at radius 3 is 2.50 bits per heavy atom. The second-order valence-corrected chi connectivity index (χ2v) is 2.29. The second-order valence-electron chi connectivity index (χ2n) is 2.29. The molecule has 3 heteroatoms. The van der Waals surface area contributed by atoms with Gasteiger partial charge in [0.05, 0.1) is 0 Å². The molecule has 0 fully saturated rings. The molecule has 0 unspecified atom stereocenters. The van der Waals surface area contributed by atoms with Crippen LogP contribution < -0.4 is 5.32 Å². The molecule has 0 aliphatic carbocycles. The highest BCUT2D eigenvalue weighted by molar-refractivity contribution is 5.67. The van der Waals surface area contributed by atoms with Gasteiger partial charge >= 0.3 is 6.09 Å². The average Bonchev–Trinajstić information content (AvgIpc) is 1.87. The van der Waals surface area contributed by atoms with Crippen LogP contribution in [0.4, 0.5) is 4.79 Å². The monoisotopic (exact) mass is 141 g/mol. The van der Waals surface area contributed by atoms with Gasteiger partial charge in [0.25, 0.3) is 0 Å². The van der Waals surface area contributed by atoms with E-state index >= 15 is 0 Å². The number of alkyl carbamates (subject to hydrolysis) is 1. The van der Waals surface area contributed by atoms with Crippen molar-refractivity contribution in [3.8, 4) is 12.3 Å². The van der Waals surface area contributed by atoms with Crippen LogP contribution in [-0.4, -0.2) is 18.7 Å². The molecule has 10 heavy (non-hydrogen) atoms. The minimum Gasteiger partial charge on any atom is -0.430 e. The molecular formula is C7H11NO2. The molecule has 0 saturated heterocycles. The van der Waals surface area contributed by atoms with Crippen LogP contribution in [-0.2, 0) is 4.74 Å². The fourth-order valence-electron chi connectivity index (χ4n) is 0.312. The normalized spacial score (nSPS) is 9.80. The van der Waals surface area contributed by atoms with E-state index in [4.69, 9.17) is 11.2 Å². The Kier molecular flexibility index (Phi) is 2.75. The number of amides is 1. The molecule has 0 radical (unpaired) electrons. The summed E-state index contributed by atoms with van der Waals surface area (Å²) in [6.45, 7) is 3.28. The summed E-state index contributed by atoms with van der Waals surface area (Å²) >= 11 is 0. The Labute approximate surface area is 60.8 Å². The van der Waals surface area contributed by atoms with Gasteiger partial charge in [0.1, 0.15) is 0 Å². The molecule has 0 spiro atoms. The maximum absolute atomic E-state index is 10.6. The highest BCUT2D eigenvalue weighted by atomic mass is 16.6. The highest BCUT2D eigenvalue weighted by Crippen LogP contribution is 2.05. The molecule has 0 bridgehead atoms. The third-order valence-electron chi connectivity index (χ3n) is 0.900. The molecule has 0 heterocycles. The standard InChI is InChI=1S/C7H11NO2/c1-5-7(2,3)10-6(9)8-4/h1H,2-4H3,(H,8,9). The van der Waals surface area contributed by atoms with Gasteiger partial charge in [-0.2, -0.15) is 0 Å². The van der Waals surface area contributed by atoms with Gasteiger partial charge in [-0.1, -0.05) is 5.92 Å². The van der Waals surface area contributed by atoms with Crippen molar-refractivity contribution in [1.82, 2.24) is 5.32 Å². The predicted octanol–water partition coefficient (Wildman–Crippen LogP) is 0.754. The van der Waals surface area contributed by atoms with Gasteiger partial charge in [-0.25, -0.2) is 4.79 Å². The molecule has 0 aromatic heterocycles. The van der Waals surface area contributed by atoms with Crippen molar-refractivity contribution < 1.29 is 9.53 Å². The van der Waals surface area contributed by atoms with Crippen LogP contribution in [0, 0.1) is 12.3 Å². The van der Waals surface area contributed by atoms with E-state index in [9.17, 15) is 4.79 Å².